The number of hydrogen-bond acceptors (Lipinski definition) is 2. The van der Waals surface area contributed by atoms with Crippen LogP contribution in [0, 0.1) is 0 Å². The molecule has 0 aliphatic rings. The summed E-state index contributed by atoms with van der Waals surface area (Å²) in [6.45, 7) is 0. The summed E-state index contributed by atoms with van der Waals surface area (Å²) < 4.78 is 40.2. The summed E-state index contributed by atoms with van der Waals surface area (Å²) in [5.41, 5.74) is 0.532. The molecule has 2 nitrogen and oxygen atoms in total. The molecule has 6 heteroatoms. The number of rotatable bonds is 3. The molecule has 0 amide bonds. The number of aryl methyl sites for hydroxylation is 1. The lowest BCUT2D eigenvalue weighted by Gasteiger charge is -2.03. The van der Waals surface area contributed by atoms with Crippen molar-refractivity contribution in [1.82, 2.24) is 4.98 Å². The highest BCUT2D eigenvalue weighted by Crippen LogP contribution is 2.23. The molecular formula is C7H7BrF3NO. The van der Waals surface area contributed by atoms with Crippen LogP contribution in [0.4, 0.5) is 13.2 Å². The van der Waals surface area contributed by atoms with Gasteiger partial charge in [0.25, 0.3) is 0 Å². The molecule has 0 aliphatic carbocycles. The van der Waals surface area contributed by atoms with E-state index in [0.29, 0.717) is 16.8 Å². The molecule has 0 bridgehead atoms. The molecule has 0 radical (unpaired) electrons. The van der Waals surface area contributed by atoms with Crippen LogP contribution < -0.4 is 0 Å². The Kier molecular flexibility index (Phi) is 3.35. The van der Waals surface area contributed by atoms with Crippen LogP contribution in [0.3, 0.4) is 0 Å². The summed E-state index contributed by atoms with van der Waals surface area (Å²) in [5.74, 6) is 0.300. The maximum atomic E-state index is 11.8. The fraction of sp³-hybridized carbons (Fsp3) is 0.571. The molecule has 1 aromatic heterocycles. The molecule has 0 spiro atoms. The first-order chi connectivity index (χ1) is 6.03. The normalized spacial score (nSPS) is 12.0. The molecule has 0 saturated heterocycles. The number of halogens is 4. The first kappa shape index (κ1) is 10.6. The van der Waals surface area contributed by atoms with E-state index < -0.39 is 12.6 Å². The van der Waals surface area contributed by atoms with Crippen LogP contribution >= 0.6 is 15.9 Å². The Morgan fingerprint density at radius 2 is 2.15 bits per heavy atom. The largest absolute Gasteiger partial charge is 0.448 e. The highest BCUT2D eigenvalue weighted by molar-refractivity contribution is 9.08. The second-order valence-electron chi connectivity index (χ2n) is 2.47. The van der Waals surface area contributed by atoms with Crippen molar-refractivity contribution in [3.63, 3.8) is 0 Å². The van der Waals surface area contributed by atoms with Crippen molar-refractivity contribution in [3.8, 4) is 0 Å². The summed E-state index contributed by atoms with van der Waals surface area (Å²) in [4.78, 5) is 3.75. The highest BCUT2D eigenvalue weighted by atomic mass is 79.9. The van der Waals surface area contributed by atoms with Crippen LogP contribution in [0.15, 0.2) is 10.8 Å². The standard InChI is InChI=1S/C7H7BrF3NO/c8-3-5-6(13-4-12-5)1-2-7(9,10)11/h4H,1-3H2. The Labute approximate surface area is 81.3 Å². The molecule has 0 atom stereocenters. The average molecular weight is 258 g/mol. The van der Waals surface area contributed by atoms with Crippen molar-refractivity contribution in [1.29, 1.82) is 0 Å². The maximum Gasteiger partial charge on any atom is 0.389 e. The molecule has 0 N–H and O–H groups in total. The summed E-state index contributed by atoms with van der Waals surface area (Å²) >= 11 is 3.10. The van der Waals surface area contributed by atoms with Crippen LogP contribution in [0.1, 0.15) is 17.9 Å². The van der Waals surface area contributed by atoms with Gasteiger partial charge in [-0.15, -0.1) is 0 Å². The SMILES string of the molecule is FC(F)(F)CCc1ocnc1CBr. The molecule has 1 heterocycles. The van der Waals surface area contributed by atoms with Gasteiger partial charge >= 0.3 is 6.18 Å². The van der Waals surface area contributed by atoms with E-state index in [1.807, 2.05) is 0 Å². The number of nitrogens with zero attached hydrogens (tertiary/aromatic N) is 1. The number of alkyl halides is 4. The third-order valence-corrected chi connectivity index (χ3v) is 2.02. The Bertz CT molecular complexity index is 271. The zero-order valence-electron chi connectivity index (χ0n) is 6.57. The first-order valence-electron chi connectivity index (χ1n) is 3.57. The van der Waals surface area contributed by atoms with Crippen molar-refractivity contribution < 1.29 is 17.6 Å². The van der Waals surface area contributed by atoms with Gasteiger partial charge in [-0.05, 0) is 0 Å². The summed E-state index contributed by atoms with van der Waals surface area (Å²) in [7, 11) is 0. The molecule has 0 unspecified atom stereocenters. The maximum absolute atomic E-state index is 11.8. The zero-order chi connectivity index (χ0) is 9.90. The molecule has 0 saturated carbocycles. The van der Waals surface area contributed by atoms with Crippen molar-refractivity contribution >= 4 is 15.9 Å². The van der Waals surface area contributed by atoms with Gasteiger partial charge < -0.3 is 4.42 Å². The lowest BCUT2D eigenvalue weighted by molar-refractivity contribution is -0.134. The quantitative estimate of drug-likeness (QED) is 0.778. The minimum Gasteiger partial charge on any atom is -0.448 e. The molecule has 0 fully saturated rings. The van der Waals surface area contributed by atoms with Crippen LogP contribution in [-0.4, -0.2) is 11.2 Å². The molecule has 1 rings (SSSR count). The Morgan fingerprint density at radius 3 is 2.69 bits per heavy atom. The molecular weight excluding hydrogens is 251 g/mol. The minimum atomic E-state index is -4.14. The third kappa shape index (κ3) is 3.38. The zero-order valence-corrected chi connectivity index (χ0v) is 8.15. The summed E-state index contributed by atoms with van der Waals surface area (Å²) in [5, 5.41) is 0.413. The van der Waals surface area contributed by atoms with E-state index in [1.54, 1.807) is 0 Å². The summed E-state index contributed by atoms with van der Waals surface area (Å²) in [6.07, 6.45) is -4.01. The average Bonchev–Trinajstić information content (AvgIpc) is 2.46. The van der Waals surface area contributed by atoms with Crippen molar-refractivity contribution in [2.75, 3.05) is 0 Å². The minimum absolute atomic E-state index is 0.148. The molecule has 13 heavy (non-hydrogen) atoms. The van der Waals surface area contributed by atoms with Crippen LogP contribution in [-0.2, 0) is 11.8 Å². The van der Waals surface area contributed by atoms with E-state index in [2.05, 4.69) is 20.9 Å². The van der Waals surface area contributed by atoms with E-state index in [9.17, 15) is 13.2 Å². The van der Waals surface area contributed by atoms with E-state index >= 15 is 0 Å². The topological polar surface area (TPSA) is 26.0 Å². The van der Waals surface area contributed by atoms with Crippen molar-refractivity contribution in [3.05, 3.63) is 17.8 Å². The molecule has 1 aromatic rings. The van der Waals surface area contributed by atoms with E-state index in [0.717, 1.165) is 6.39 Å². The van der Waals surface area contributed by atoms with Gasteiger partial charge in [0, 0.05) is 11.8 Å². The van der Waals surface area contributed by atoms with Crippen LogP contribution in [0.25, 0.3) is 0 Å². The van der Waals surface area contributed by atoms with E-state index in [1.165, 1.54) is 0 Å². The summed E-state index contributed by atoms with van der Waals surface area (Å²) in [6, 6.07) is 0. The van der Waals surface area contributed by atoms with Crippen molar-refractivity contribution in [2.45, 2.75) is 24.3 Å². The van der Waals surface area contributed by atoms with Gasteiger partial charge in [-0.2, -0.15) is 13.2 Å². The van der Waals surface area contributed by atoms with E-state index in [-0.39, 0.29) is 6.42 Å². The first-order valence-corrected chi connectivity index (χ1v) is 4.69. The van der Waals surface area contributed by atoms with Gasteiger partial charge in [0.15, 0.2) is 6.39 Å². The number of aromatic nitrogens is 1. The molecule has 0 aliphatic heterocycles. The third-order valence-electron chi connectivity index (χ3n) is 1.49. The monoisotopic (exact) mass is 257 g/mol. The Balaban J connectivity index is 2.54. The second kappa shape index (κ2) is 4.13. The van der Waals surface area contributed by atoms with Gasteiger partial charge in [0.1, 0.15) is 5.76 Å². The van der Waals surface area contributed by atoms with Crippen LogP contribution in [0.5, 0.6) is 0 Å². The van der Waals surface area contributed by atoms with Gasteiger partial charge in [0.05, 0.1) is 12.1 Å². The highest BCUT2D eigenvalue weighted by Gasteiger charge is 2.27. The predicted octanol–water partition coefficient (Wildman–Crippen LogP) is 3.06. The number of oxazole rings is 1. The molecule has 74 valence electrons. The lowest BCUT2D eigenvalue weighted by atomic mass is 10.2. The van der Waals surface area contributed by atoms with Gasteiger partial charge in [0.2, 0.25) is 0 Å². The van der Waals surface area contributed by atoms with Gasteiger partial charge in [-0.3, -0.25) is 0 Å². The van der Waals surface area contributed by atoms with Gasteiger partial charge in [-0.1, -0.05) is 15.9 Å². The number of hydrogen-bond donors (Lipinski definition) is 0. The van der Waals surface area contributed by atoms with Crippen LogP contribution in [0.2, 0.25) is 0 Å². The fourth-order valence-electron chi connectivity index (χ4n) is 0.861. The fourth-order valence-corrected chi connectivity index (χ4v) is 1.32. The molecule has 0 aromatic carbocycles. The Morgan fingerprint density at radius 1 is 1.46 bits per heavy atom. The smallest absolute Gasteiger partial charge is 0.389 e. The second-order valence-corrected chi connectivity index (χ2v) is 3.03. The van der Waals surface area contributed by atoms with E-state index in [4.69, 9.17) is 4.42 Å². The van der Waals surface area contributed by atoms with Gasteiger partial charge in [-0.25, -0.2) is 4.98 Å². The predicted molar refractivity (Wildman–Crippen MR) is 43.5 cm³/mol. The Hall–Kier alpha value is -0.520. The van der Waals surface area contributed by atoms with Crippen molar-refractivity contribution in [2.24, 2.45) is 0 Å². The lowest BCUT2D eigenvalue weighted by Crippen LogP contribution is -2.08.